The van der Waals surface area contributed by atoms with Crippen molar-refractivity contribution in [1.82, 2.24) is 9.38 Å². The third kappa shape index (κ3) is 2.82. The van der Waals surface area contributed by atoms with E-state index in [9.17, 15) is 4.79 Å². The van der Waals surface area contributed by atoms with E-state index in [1.54, 1.807) is 16.7 Å². The van der Waals surface area contributed by atoms with Gasteiger partial charge in [-0.3, -0.25) is 9.20 Å². The maximum atomic E-state index is 12.6. The first kappa shape index (κ1) is 17.5. The molecule has 2 fully saturated rings. The zero-order chi connectivity index (χ0) is 18.5. The Hall–Kier alpha value is -1.90. The summed E-state index contributed by atoms with van der Waals surface area (Å²) in [6.45, 7) is 10.8. The van der Waals surface area contributed by atoms with Crippen molar-refractivity contribution >= 4 is 24.0 Å². The van der Waals surface area contributed by atoms with E-state index in [1.165, 1.54) is 0 Å². The second-order valence-corrected chi connectivity index (χ2v) is 7.80. The Morgan fingerprint density at radius 3 is 2.42 bits per heavy atom. The monoisotopic (exact) mass is 357 g/mol. The van der Waals surface area contributed by atoms with Gasteiger partial charge in [-0.1, -0.05) is 6.07 Å². The molecule has 2 aliphatic rings. The van der Waals surface area contributed by atoms with E-state index >= 15 is 0 Å². The number of rotatable bonds is 2. The van der Waals surface area contributed by atoms with Crippen LogP contribution in [0.1, 0.15) is 27.7 Å². The summed E-state index contributed by atoms with van der Waals surface area (Å²) in [5, 5.41) is 0. The number of morpholine rings is 1. The summed E-state index contributed by atoms with van der Waals surface area (Å²) in [5.41, 5.74) is 0.312. The van der Waals surface area contributed by atoms with E-state index in [0.29, 0.717) is 24.7 Å². The molecule has 4 rings (SSSR count). The Balaban J connectivity index is 1.81. The first-order valence-electron chi connectivity index (χ1n) is 8.99. The zero-order valence-corrected chi connectivity index (χ0v) is 15.7. The van der Waals surface area contributed by atoms with Crippen molar-refractivity contribution in [3.8, 4) is 0 Å². The summed E-state index contributed by atoms with van der Waals surface area (Å²) < 4.78 is 19.3. The van der Waals surface area contributed by atoms with Gasteiger partial charge in [0.25, 0.3) is 5.56 Å². The van der Waals surface area contributed by atoms with Crippen LogP contribution in [0.5, 0.6) is 0 Å². The van der Waals surface area contributed by atoms with Crippen molar-refractivity contribution in [1.29, 1.82) is 0 Å². The topological polar surface area (TPSA) is 65.3 Å². The Labute approximate surface area is 153 Å². The van der Waals surface area contributed by atoms with Crippen LogP contribution >= 0.6 is 0 Å². The van der Waals surface area contributed by atoms with Gasteiger partial charge in [-0.15, -0.1) is 0 Å². The third-order valence-corrected chi connectivity index (χ3v) is 5.55. The maximum Gasteiger partial charge on any atom is 0.498 e. The largest absolute Gasteiger partial charge is 0.498 e. The molecule has 2 aromatic heterocycles. The fourth-order valence-electron chi connectivity index (χ4n) is 3.24. The molecule has 0 amide bonds. The Bertz CT molecular complexity index is 874. The highest BCUT2D eigenvalue weighted by Crippen LogP contribution is 2.36. The standard InChI is InChI=1S/C18H24BN3O4/c1-17(2)18(3,4)26-19(25-17)13-6-5-7-22-15(23)12-14(20-16(13)22)21-8-10-24-11-9-21/h5-7,12H,8-11H2,1-4H3. The highest BCUT2D eigenvalue weighted by atomic mass is 16.7. The molecule has 0 unspecified atom stereocenters. The Morgan fingerprint density at radius 2 is 1.77 bits per heavy atom. The minimum Gasteiger partial charge on any atom is -0.399 e. The second-order valence-electron chi connectivity index (χ2n) is 7.80. The lowest BCUT2D eigenvalue weighted by Gasteiger charge is -2.32. The van der Waals surface area contributed by atoms with Gasteiger partial charge in [-0.05, 0) is 33.8 Å². The maximum absolute atomic E-state index is 12.6. The zero-order valence-electron chi connectivity index (χ0n) is 15.7. The van der Waals surface area contributed by atoms with Crippen LogP contribution in [0.4, 0.5) is 5.82 Å². The molecule has 0 aliphatic carbocycles. The van der Waals surface area contributed by atoms with Gasteiger partial charge in [-0.2, -0.15) is 0 Å². The van der Waals surface area contributed by atoms with Crippen LogP contribution in [0.25, 0.3) is 5.65 Å². The first-order chi connectivity index (χ1) is 12.3. The number of fused-ring (bicyclic) bond motifs is 1. The molecule has 0 aromatic carbocycles. The van der Waals surface area contributed by atoms with E-state index in [2.05, 4.69) is 4.90 Å². The summed E-state index contributed by atoms with van der Waals surface area (Å²) in [5.74, 6) is 0.669. The minimum absolute atomic E-state index is 0.116. The molecular formula is C18H24BN3O4. The number of aromatic nitrogens is 2. The summed E-state index contributed by atoms with van der Waals surface area (Å²) in [7, 11) is -0.567. The highest BCUT2D eigenvalue weighted by Gasteiger charge is 2.52. The molecule has 0 saturated carbocycles. The number of hydrogen-bond donors (Lipinski definition) is 0. The lowest BCUT2D eigenvalue weighted by Crippen LogP contribution is -2.41. The molecule has 0 N–H and O–H groups in total. The minimum atomic E-state index is -0.567. The molecule has 0 spiro atoms. The highest BCUT2D eigenvalue weighted by molar-refractivity contribution is 6.64. The number of anilines is 1. The lowest BCUT2D eigenvalue weighted by molar-refractivity contribution is 0.00578. The van der Waals surface area contributed by atoms with Crippen molar-refractivity contribution in [2.24, 2.45) is 0 Å². The van der Waals surface area contributed by atoms with Crippen molar-refractivity contribution in [3.63, 3.8) is 0 Å². The fraction of sp³-hybridized carbons (Fsp3) is 0.556. The lowest BCUT2D eigenvalue weighted by atomic mass is 9.79. The van der Waals surface area contributed by atoms with Crippen molar-refractivity contribution in [2.45, 2.75) is 38.9 Å². The predicted molar refractivity (Wildman–Crippen MR) is 100 cm³/mol. The third-order valence-electron chi connectivity index (χ3n) is 5.55. The van der Waals surface area contributed by atoms with Gasteiger partial charge >= 0.3 is 7.12 Å². The van der Waals surface area contributed by atoms with Crippen LogP contribution < -0.4 is 15.9 Å². The van der Waals surface area contributed by atoms with Crippen molar-refractivity contribution in [2.75, 3.05) is 31.2 Å². The molecule has 0 bridgehead atoms. The van der Waals surface area contributed by atoms with Crippen LogP contribution in [0, 0.1) is 0 Å². The van der Waals surface area contributed by atoms with Gasteiger partial charge in [0, 0.05) is 30.8 Å². The van der Waals surface area contributed by atoms with Crippen LogP contribution in [-0.4, -0.2) is 54.0 Å². The molecule has 138 valence electrons. The van der Waals surface area contributed by atoms with E-state index < -0.39 is 18.3 Å². The van der Waals surface area contributed by atoms with Crippen molar-refractivity contribution in [3.05, 3.63) is 34.7 Å². The van der Waals surface area contributed by atoms with Gasteiger partial charge in [-0.25, -0.2) is 4.98 Å². The molecule has 7 nitrogen and oxygen atoms in total. The van der Waals surface area contributed by atoms with Gasteiger partial charge in [0.15, 0.2) is 0 Å². The van der Waals surface area contributed by atoms with Gasteiger partial charge in [0.2, 0.25) is 0 Å². The van der Waals surface area contributed by atoms with Gasteiger partial charge in [0.1, 0.15) is 11.5 Å². The molecule has 2 aromatic rings. The van der Waals surface area contributed by atoms with Gasteiger partial charge < -0.3 is 18.9 Å². The average Bonchev–Trinajstić information content (AvgIpc) is 2.82. The van der Waals surface area contributed by atoms with E-state index in [4.69, 9.17) is 19.0 Å². The normalized spacial score (nSPS) is 22.2. The number of pyridine rings is 1. The van der Waals surface area contributed by atoms with Crippen molar-refractivity contribution < 1.29 is 14.0 Å². The van der Waals surface area contributed by atoms with Gasteiger partial charge in [0.05, 0.1) is 24.4 Å². The van der Waals surface area contributed by atoms with Crippen LogP contribution in [0.3, 0.4) is 0 Å². The van der Waals surface area contributed by atoms with Crippen LogP contribution in [-0.2, 0) is 14.0 Å². The van der Waals surface area contributed by atoms with E-state index in [0.717, 1.165) is 18.6 Å². The fourth-order valence-corrected chi connectivity index (χ4v) is 3.24. The predicted octanol–water partition coefficient (Wildman–Crippen LogP) is 0.830. The van der Waals surface area contributed by atoms with E-state index in [-0.39, 0.29) is 5.56 Å². The number of nitrogens with zero attached hydrogens (tertiary/aromatic N) is 3. The van der Waals surface area contributed by atoms with Crippen LogP contribution in [0.2, 0.25) is 0 Å². The molecule has 8 heteroatoms. The summed E-state index contributed by atoms with van der Waals surface area (Å²) >= 11 is 0. The molecule has 2 saturated heterocycles. The second kappa shape index (κ2) is 6.08. The number of hydrogen-bond acceptors (Lipinski definition) is 6. The van der Waals surface area contributed by atoms with Crippen LogP contribution in [0.15, 0.2) is 29.2 Å². The average molecular weight is 357 g/mol. The summed E-state index contributed by atoms with van der Waals surface area (Å²) in [6, 6.07) is 5.31. The smallest absolute Gasteiger partial charge is 0.399 e. The molecule has 0 radical (unpaired) electrons. The SMILES string of the molecule is CC1(C)OB(c2cccn3c(=O)cc(N4CCOCC4)nc23)OC1(C)C. The quantitative estimate of drug-likeness (QED) is 0.742. The Kier molecular flexibility index (Phi) is 4.09. The molecule has 4 heterocycles. The molecular weight excluding hydrogens is 333 g/mol. The molecule has 26 heavy (non-hydrogen) atoms. The first-order valence-corrected chi connectivity index (χ1v) is 8.99. The molecule has 2 aliphatic heterocycles. The summed E-state index contributed by atoms with van der Waals surface area (Å²) in [6.07, 6.45) is 1.72. The van der Waals surface area contributed by atoms with E-state index in [1.807, 2.05) is 39.8 Å². The Morgan fingerprint density at radius 1 is 1.12 bits per heavy atom. The summed E-state index contributed by atoms with van der Waals surface area (Å²) in [4.78, 5) is 19.5. The molecule has 0 atom stereocenters. The number of ether oxygens (including phenoxy) is 1.